The van der Waals surface area contributed by atoms with Crippen molar-refractivity contribution in [2.45, 2.75) is 19.9 Å². The van der Waals surface area contributed by atoms with Crippen molar-refractivity contribution in [1.29, 1.82) is 0 Å². The van der Waals surface area contributed by atoms with Crippen molar-refractivity contribution in [1.82, 2.24) is 15.6 Å². The SMILES string of the molecule is CCNC(=NCc1ccc(Oc2cccc(F)c2)nc1)NCCCOCCOC. The van der Waals surface area contributed by atoms with Crippen LogP contribution in [-0.2, 0) is 16.0 Å². The Bertz CT molecular complexity index is 741. The number of guanidine groups is 1. The first-order valence-corrected chi connectivity index (χ1v) is 9.68. The van der Waals surface area contributed by atoms with Crippen LogP contribution in [-0.4, -0.2) is 51.0 Å². The van der Waals surface area contributed by atoms with E-state index in [4.69, 9.17) is 14.2 Å². The number of aliphatic imine (C=N–C) groups is 1. The topological polar surface area (TPSA) is 77.0 Å². The van der Waals surface area contributed by atoms with Gasteiger partial charge >= 0.3 is 0 Å². The summed E-state index contributed by atoms with van der Waals surface area (Å²) in [7, 11) is 1.66. The molecule has 7 nitrogen and oxygen atoms in total. The minimum Gasteiger partial charge on any atom is -0.439 e. The molecule has 0 aliphatic rings. The molecule has 1 heterocycles. The Morgan fingerprint density at radius 3 is 2.76 bits per heavy atom. The van der Waals surface area contributed by atoms with Gasteiger partial charge < -0.3 is 24.8 Å². The summed E-state index contributed by atoms with van der Waals surface area (Å²) in [5.41, 5.74) is 0.941. The lowest BCUT2D eigenvalue weighted by atomic mass is 10.3. The summed E-state index contributed by atoms with van der Waals surface area (Å²) in [4.78, 5) is 8.82. The Morgan fingerprint density at radius 1 is 1.14 bits per heavy atom. The largest absolute Gasteiger partial charge is 0.439 e. The van der Waals surface area contributed by atoms with Crippen LogP contribution in [0.2, 0.25) is 0 Å². The van der Waals surface area contributed by atoms with E-state index >= 15 is 0 Å². The number of hydrogen-bond donors (Lipinski definition) is 2. The molecule has 2 rings (SSSR count). The summed E-state index contributed by atoms with van der Waals surface area (Å²) in [6, 6.07) is 9.59. The van der Waals surface area contributed by atoms with Gasteiger partial charge in [0.25, 0.3) is 0 Å². The van der Waals surface area contributed by atoms with Gasteiger partial charge in [-0.2, -0.15) is 0 Å². The van der Waals surface area contributed by atoms with Crippen molar-refractivity contribution in [3.8, 4) is 11.6 Å². The summed E-state index contributed by atoms with van der Waals surface area (Å²) in [5.74, 6) is 1.21. The zero-order valence-electron chi connectivity index (χ0n) is 17.0. The maximum Gasteiger partial charge on any atom is 0.219 e. The third kappa shape index (κ3) is 9.36. The van der Waals surface area contributed by atoms with Gasteiger partial charge in [-0.15, -0.1) is 0 Å². The van der Waals surface area contributed by atoms with Crippen LogP contribution >= 0.6 is 0 Å². The van der Waals surface area contributed by atoms with Gasteiger partial charge in [-0.3, -0.25) is 0 Å². The normalized spacial score (nSPS) is 11.3. The fourth-order valence-electron chi connectivity index (χ4n) is 2.35. The van der Waals surface area contributed by atoms with E-state index in [1.54, 1.807) is 31.5 Å². The maximum atomic E-state index is 13.2. The Morgan fingerprint density at radius 2 is 2.03 bits per heavy atom. The fourth-order valence-corrected chi connectivity index (χ4v) is 2.35. The predicted octanol–water partition coefficient (Wildman–Crippen LogP) is 3.12. The van der Waals surface area contributed by atoms with Crippen molar-refractivity contribution in [3.63, 3.8) is 0 Å². The van der Waals surface area contributed by atoms with E-state index in [0.29, 0.717) is 38.0 Å². The summed E-state index contributed by atoms with van der Waals surface area (Å²) < 4.78 is 29.1. The fraction of sp³-hybridized carbons (Fsp3) is 0.429. The lowest BCUT2D eigenvalue weighted by molar-refractivity contribution is 0.0698. The molecule has 0 radical (unpaired) electrons. The minimum atomic E-state index is -0.349. The average molecular weight is 404 g/mol. The Hall–Kier alpha value is -2.71. The van der Waals surface area contributed by atoms with Gasteiger partial charge in [0.05, 0.1) is 19.8 Å². The van der Waals surface area contributed by atoms with Gasteiger partial charge in [-0.25, -0.2) is 14.4 Å². The molecule has 0 atom stereocenters. The molecule has 0 saturated heterocycles. The zero-order valence-corrected chi connectivity index (χ0v) is 17.0. The Balaban J connectivity index is 1.79. The molecular weight excluding hydrogens is 375 g/mol. The molecule has 1 aromatic heterocycles. The van der Waals surface area contributed by atoms with Crippen molar-refractivity contribution in [3.05, 3.63) is 54.0 Å². The molecule has 8 heteroatoms. The summed E-state index contributed by atoms with van der Waals surface area (Å²) in [5, 5.41) is 6.49. The first-order valence-electron chi connectivity index (χ1n) is 9.68. The third-order valence-electron chi connectivity index (χ3n) is 3.77. The molecule has 0 aliphatic carbocycles. The average Bonchev–Trinajstić information content (AvgIpc) is 2.72. The summed E-state index contributed by atoms with van der Waals surface area (Å²) in [6.45, 7) is 5.92. The van der Waals surface area contributed by atoms with E-state index in [9.17, 15) is 4.39 Å². The second-order valence-electron chi connectivity index (χ2n) is 6.14. The monoisotopic (exact) mass is 404 g/mol. The second-order valence-corrected chi connectivity index (χ2v) is 6.14. The molecule has 0 amide bonds. The summed E-state index contributed by atoms with van der Waals surface area (Å²) in [6.07, 6.45) is 2.58. The highest BCUT2D eigenvalue weighted by Gasteiger charge is 2.02. The summed E-state index contributed by atoms with van der Waals surface area (Å²) >= 11 is 0. The molecular formula is C21H29FN4O3. The number of nitrogens with zero attached hydrogens (tertiary/aromatic N) is 2. The van der Waals surface area contributed by atoms with Crippen LogP contribution in [0.5, 0.6) is 11.6 Å². The quantitative estimate of drug-likeness (QED) is 0.322. The van der Waals surface area contributed by atoms with E-state index in [1.807, 2.05) is 13.0 Å². The van der Waals surface area contributed by atoms with Crippen molar-refractivity contribution >= 4 is 5.96 Å². The molecule has 0 unspecified atom stereocenters. The van der Waals surface area contributed by atoms with E-state index in [2.05, 4.69) is 20.6 Å². The number of aromatic nitrogens is 1. The highest BCUT2D eigenvalue weighted by molar-refractivity contribution is 5.79. The van der Waals surface area contributed by atoms with Crippen LogP contribution in [0.25, 0.3) is 0 Å². The van der Waals surface area contributed by atoms with Gasteiger partial charge in [0, 0.05) is 45.1 Å². The van der Waals surface area contributed by atoms with Crippen LogP contribution in [0.15, 0.2) is 47.6 Å². The Labute approximate surface area is 171 Å². The van der Waals surface area contributed by atoms with Crippen molar-refractivity contribution in [2.24, 2.45) is 4.99 Å². The van der Waals surface area contributed by atoms with Crippen molar-refractivity contribution in [2.75, 3.05) is 40.0 Å². The first-order chi connectivity index (χ1) is 14.2. The number of pyridine rings is 1. The number of benzene rings is 1. The minimum absolute atomic E-state index is 0.349. The number of nitrogens with one attached hydrogen (secondary N) is 2. The smallest absolute Gasteiger partial charge is 0.219 e. The van der Waals surface area contributed by atoms with E-state index in [0.717, 1.165) is 31.0 Å². The third-order valence-corrected chi connectivity index (χ3v) is 3.77. The molecule has 1 aromatic carbocycles. The van der Waals surface area contributed by atoms with Gasteiger partial charge in [0.1, 0.15) is 11.6 Å². The Kier molecular flexibility index (Phi) is 10.5. The van der Waals surface area contributed by atoms with Crippen LogP contribution in [0.3, 0.4) is 0 Å². The van der Waals surface area contributed by atoms with Crippen LogP contribution in [0, 0.1) is 5.82 Å². The predicted molar refractivity (Wildman–Crippen MR) is 111 cm³/mol. The molecule has 0 bridgehead atoms. The van der Waals surface area contributed by atoms with E-state index < -0.39 is 0 Å². The van der Waals surface area contributed by atoms with Crippen LogP contribution in [0.1, 0.15) is 18.9 Å². The molecule has 0 saturated carbocycles. The molecule has 2 N–H and O–H groups in total. The molecule has 0 fully saturated rings. The molecule has 2 aromatic rings. The zero-order chi connectivity index (χ0) is 20.7. The van der Waals surface area contributed by atoms with Gasteiger partial charge in [0.2, 0.25) is 5.88 Å². The molecule has 0 spiro atoms. The van der Waals surface area contributed by atoms with E-state index in [-0.39, 0.29) is 5.82 Å². The molecule has 0 aliphatic heterocycles. The number of methoxy groups -OCH3 is 1. The second kappa shape index (κ2) is 13.5. The lowest BCUT2D eigenvalue weighted by Gasteiger charge is -2.11. The lowest BCUT2D eigenvalue weighted by Crippen LogP contribution is -2.38. The highest BCUT2D eigenvalue weighted by atomic mass is 19.1. The molecule has 158 valence electrons. The van der Waals surface area contributed by atoms with Gasteiger partial charge in [-0.1, -0.05) is 12.1 Å². The standard InChI is InChI=1S/C21H29FN4O3/c1-3-23-21(24-10-5-11-28-13-12-27-2)26-16-17-8-9-20(25-15-17)29-19-7-4-6-18(22)14-19/h4,6-9,14-15H,3,5,10-13,16H2,1-2H3,(H2,23,24,26). The maximum absolute atomic E-state index is 13.2. The molecule has 29 heavy (non-hydrogen) atoms. The number of hydrogen-bond acceptors (Lipinski definition) is 5. The highest BCUT2D eigenvalue weighted by Crippen LogP contribution is 2.20. The van der Waals surface area contributed by atoms with Crippen molar-refractivity contribution < 1.29 is 18.6 Å². The number of halogens is 1. The first kappa shape index (κ1) is 22.6. The number of ether oxygens (including phenoxy) is 3. The van der Waals surface area contributed by atoms with E-state index in [1.165, 1.54) is 12.1 Å². The van der Waals surface area contributed by atoms with Crippen LogP contribution in [0.4, 0.5) is 4.39 Å². The number of rotatable bonds is 12. The van der Waals surface area contributed by atoms with Gasteiger partial charge in [0.15, 0.2) is 5.96 Å². The van der Waals surface area contributed by atoms with Gasteiger partial charge in [-0.05, 0) is 31.0 Å². The van der Waals surface area contributed by atoms with Crippen LogP contribution < -0.4 is 15.4 Å².